The van der Waals surface area contributed by atoms with E-state index in [2.05, 4.69) is 38.7 Å². The monoisotopic (exact) mass is 426 g/mol. The second-order valence-electron chi connectivity index (χ2n) is 9.58. The third kappa shape index (κ3) is 3.15. The number of benzene rings is 2. The van der Waals surface area contributed by atoms with E-state index < -0.39 is 0 Å². The summed E-state index contributed by atoms with van der Waals surface area (Å²) in [6, 6.07) is 14.3. The molecule has 2 heterocycles. The van der Waals surface area contributed by atoms with Gasteiger partial charge in [0.25, 0.3) is 0 Å². The molecule has 1 amide bonds. The summed E-state index contributed by atoms with van der Waals surface area (Å²) in [7, 11) is 0. The highest BCUT2D eigenvalue weighted by Gasteiger charge is 2.50. The van der Waals surface area contributed by atoms with Crippen LogP contribution in [0.25, 0.3) is 15.9 Å². The first-order valence-corrected chi connectivity index (χ1v) is 11.5. The maximum absolute atomic E-state index is 13.0. The highest BCUT2D eigenvalue weighted by molar-refractivity contribution is 5.79. The molecule has 0 N–H and O–H groups in total. The Kier molecular flexibility index (Phi) is 4.46. The molecule has 2 fully saturated rings. The summed E-state index contributed by atoms with van der Waals surface area (Å²) in [5, 5.41) is 0. The Labute approximate surface area is 187 Å². The first-order valence-electron chi connectivity index (χ1n) is 11.5. The average Bonchev–Trinajstić information content (AvgIpc) is 3.49. The van der Waals surface area contributed by atoms with Crippen molar-refractivity contribution in [2.24, 2.45) is 5.92 Å². The van der Waals surface area contributed by atoms with Crippen LogP contribution >= 0.6 is 0 Å². The molecule has 1 spiro atoms. The lowest BCUT2D eigenvalue weighted by Crippen LogP contribution is -2.41. The van der Waals surface area contributed by atoms with Crippen molar-refractivity contribution in [1.29, 1.82) is 0 Å². The number of amides is 1. The molecule has 6 nitrogen and oxygen atoms in total. The lowest BCUT2D eigenvalue weighted by Gasteiger charge is -2.36. The molecule has 3 atom stereocenters. The van der Waals surface area contributed by atoms with Gasteiger partial charge in [-0.15, -0.1) is 0 Å². The second kappa shape index (κ2) is 7.37. The Hall–Kier alpha value is -3.33. The molecule has 0 radical (unpaired) electrons. The Bertz CT molecular complexity index is 1240. The zero-order chi connectivity index (χ0) is 21.7. The van der Waals surface area contributed by atoms with Crippen molar-refractivity contribution < 1.29 is 9.53 Å². The zero-order valence-corrected chi connectivity index (χ0v) is 18.0. The molecule has 1 saturated heterocycles. The van der Waals surface area contributed by atoms with Gasteiger partial charge >= 0.3 is 6.09 Å². The van der Waals surface area contributed by atoms with Gasteiger partial charge in [0.05, 0.1) is 36.5 Å². The van der Waals surface area contributed by atoms with Crippen LogP contribution in [0.1, 0.15) is 49.3 Å². The van der Waals surface area contributed by atoms with Crippen molar-refractivity contribution in [2.45, 2.75) is 56.7 Å². The summed E-state index contributed by atoms with van der Waals surface area (Å²) in [6.07, 6.45) is 7.74. The van der Waals surface area contributed by atoms with Crippen LogP contribution in [0.3, 0.4) is 0 Å². The largest absolute Gasteiger partial charge is 0.441 e. The minimum Gasteiger partial charge on any atom is -0.441 e. The van der Waals surface area contributed by atoms with Gasteiger partial charge in [-0.05, 0) is 67.7 Å². The van der Waals surface area contributed by atoms with Gasteiger partial charge in [-0.3, -0.25) is 4.90 Å². The van der Waals surface area contributed by atoms with E-state index in [1.165, 1.54) is 11.1 Å². The highest BCUT2D eigenvalue weighted by Crippen LogP contribution is 2.45. The van der Waals surface area contributed by atoms with Crippen molar-refractivity contribution >= 4 is 22.8 Å². The van der Waals surface area contributed by atoms with Gasteiger partial charge in [-0.25, -0.2) is 14.6 Å². The van der Waals surface area contributed by atoms with Crippen LogP contribution in [-0.2, 0) is 17.7 Å². The number of aryl methyl sites for hydroxylation is 1. The molecule has 0 unspecified atom stereocenters. The predicted octanol–water partition coefficient (Wildman–Crippen LogP) is 5.66. The van der Waals surface area contributed by atoms with Gasteiger partial charge in [-0.2, -0.15) is 0 Å². The lowest BCUT2D eigenvalue weighted by atomic mass is 9.77. The molecule has 3 aliphatic rings. The van der Waals surface area contributed by atoms with E-state index in [1.54, 1.807) is 0 Å². The van der Waals surface area contributed by atoms with Crippen LogP contribution in [0.15, 0.2) is 48.8 Å². The highest BCUT2D eigenvalue weighted by atomic mass is 16.6. The molecule has 2 aromatic carbocycles. The average molecular weight is 427 g/mol. The van der Waals surface area contributed by atoms with Gasteiger partial charge in [-0.1, -0.05) is 30.3 Å². The van der Waals surface area contributed by atoms with E-state index in [4.69, 9.17) is 11.3 Å². The summed E-state index contributed by atoms with van der Waals surface area (Å²) < 4.78 is 8.29. The fraction of sp³-hybridized carbons (Fsp3) is 0.423. The first-order chi connectivity index (χ1) is 15.6. The number of rotatable bonds is 3. The molecule has 2 aliphatic carbocycles. The number of nitrogens with zero attached hydrogens (tertiary/aromatic N) is 4. The van der Waals surface area contributed by atoms with Gasteiger partial charge in [0, 0.05) is 6.54 Å². The quantitative estimate of drug-likeness (QED) is 0.508. The number of ether oxygens (including phenoxy) is 1. The standard InChI is InChI=1S/C26H26N4O2/c1-27-20-9-10-22-24(13-20)29(17-28-22)15-18-5-4-12-26(14-18)16-30(25(31)32-26)23-11-8-19-6-2-3-7-21(19)23/h2-3,6-7,9-10,13,17-18,23H,4-5,8,11-12,14-16H2/t18-,23-,26-/m0/s1. The van der Waals surface area contributed by atoms with E-state index in [0.717, 1.165) is 56.1 Å². The smallest absolute Gasteiger partial charge is 0.411 e. The van der Waals surface area contributed by atoms with E-state index >= 15 is 0 Å². The van der Waals surface area contributed by atoms with Crippen LogP contribution in [0.5, 0.6) is 0 Å². The molecule has 1 aliphatic heterocycles. The summed E-state index contributed by atoms with van der Waals surface area (Å²) in [5.41, 5.74) is 4.83. The molecule has 0 bridgehead atoms. The number of aromatic nitrogens is 2. The fourth-order valence-corrected chi connectivity index (χ4v) is 6.12. The third-order valence-electron chi connectivity index (χ3n) is 7.57. The number of imidazole rings is 1. The maximum atomic E-state index is 13.0. The van der Waals surface area contributed by atoms with E-state index in [9.17, 15) is 4.79 Å². The Morgan fingerprint density at radius 1 is 1.22 bits per heavy atom. The van der Waals surface area contributed by atoms with Crippen molar-refractivity contribution in [3.8, 4) is 0 Å². The SMILES string of the molecule is [C-]#[N+]c1ccc2ncn(C[C@H]3CCC[C@]4(C3)CN([C@H]3CCc5ccccc53)C(=O)O4)c2c1. The molecule has 1 saturated carbocycles. The third-order valence-corrected chi connectivity index (χ3v) is 7.57. The minimum absolute atomic E-state index is 0.142. The molecule has 3 aromatic rings. The van der Waals surface area contributed by atoms with E-state index in [0.29, 0.717) is 18.2 Å². The molecular weight excluding hydrogens is 400 g/mol. The summed E-state index contributed by atoms with van der Waals surface area (Å²) in [4.78, 5) is 23.0. The van der Waals surface area contributed by atoms with Gasteiger partial charge in [0.1, 0.15) is 5.60 Å². The topological polar surface area (TPSA) is 51.7 Å². The van der Waals surface area contributed by atoms with Gasteiger partial charge in [0.2, 0.25) is 0 Å². The zero-order valence-electron chi connectivity index (χ0n) is 18.0. The van der Waals surface area contributed by atoms with Gasteiger partial charge < -0.3 is 9.30 Å². The molecule has 6 heteroatoms. The second-order valence-corrected chi connectivity index (χ2v) is 9.58. The van der Waals surface area contributed by atoms with Crippen LogP contribution < -0.4 is 0 Å². The van der Waals surface area contributed by atoms with Crippen molar-refractivity contribution in [1.82, 2.24) is 14.5 Å². The maximum Gasteiger partial charge on any atom is 0.411 e. The van der Waals surface area contributed by atoms with E-state index in [-0.39, 0.29) is 17.7 Å². The number of carbonyl (C=O) groups excluding carboxylic acids is 1. The van der Waals surface area contributed by atoms with Crippen molar-refractivity contribution in [3.05, 3.63) is 71.3 Å². The summed E-state index contributed by atoms with van der Waals surface area (Å²) in [6.45, 7) is 8.83. The molecule has 6 rings (SSSR count). The molecule has 162 valence electrons. The minimum atomic E-state index is -0.379. The summed E-state index contributed by atoms with van der Waals surface area (Å²) in [5.74, 6) is 0.418. The number of hydrogen-bond acceptors (Lipinski definition) is 3. The number of carbonyl (C=O) groups is 1. The lowest BCUT2D eigenvalue weighted by molar-refractivity contribution is 0.00408. The number of fused-ring (bicyclic) bond motifs is 2. The van der Waals surface area contributed by atoms with Crippen LogP contribution in [0.2, 0.25) is 0 Å². The molecule has 1 aromatic heterocycles. The predicted molar refractivity (Wildman–Crippen MR) is 121 cm³/mol. The molecular formula is C26H26N4O2. The van der Waals surface area contributed by atoms with Gasteiger partial charge in [0.15, 0.2) is 5.69 Å². The number of hydrogen-bond donors (Lipinski definition) is 0. The molecule has 32 heavy (non-hydrogen) atoms. The Morgan fingerprint density at radius 2 is 2.12 bits per heavy atom. The van der Waals surface area contributed by atoms with Crippen molar-refractivity contribution in [2.75, 3.05) is 6.54 Å². The van der Waals surface area contributed by atoms with E-state index in [1.807, 2.05) is 29.4 Å². The fourth-order valence-electron chi connectivity index (χ4n) is 6.12. The first kappa shape index (κ1) is 19.4. The van der Waals surface area contributed by atoms with Crippen LogP contribution in [0.4, 0.5) is 10.5 Å². The Morgan fingerprint density at radius 3 is 3.03 bits per heavy atom. The summed E-state index contributed by atoms with van der Waals surface area (Å²) >= 11 is 0. The van der Waals surface area contributed by atoms with Crippen molar-refractivity contribution in [3.63, 3.8) is 0 Å². The van der Waals surface area contributed by atoms with Crippen LogP contribution in [0, 0.1) is 12.5 Å². The normalized spacial score (nSPS) is 27.0. The Balaban J connectivity index is 1.21. The van der Waals surface area contributed by atoms with Crippen LogP contribution in [-0.4, -0.2) is 32.7 Å².